The molecule has 3 N–H and O–H groups in total. The van der Waals surface area contributed by atoms with E-state index in [2.05, 4.69) is 26.8 Å². The largest absolute Gasteiger partial charge is 0.308 e. The van der Waals surface area contributed by atoms with Crippen LogP contribution in [0.5, 0.6) is 0 Å². The molecule has 16 heavy (non-hydrogen) atoms. The monoisotopic (exact) mass is 234 g/mol. The molecule has 0 aliphatic heterocycles. The molecule has 0 amide bonds. The van der Waals surface area contributed by atoms with Crippen molar-refractivity contribution in [1.82, 2.24) is 9.97 Å². The Morgan fingerprint density at radius 1 is 1.38 bits per heavy atom. The Bertz CT molecular complexity index is 479. The Hall–Kier alpha value is -1.46. The molecule has 0 aromatic carbocycles. The number of nitrogen functional groups attached to an aromatic ring is 1. The molecule has 0 atom stereocenters. The zero-order valence-electron chi connectivity index (χ0n) is 9.32. The lowest BCUT2D eigenvalue weighted by atomic mass is 10.2. The predicted molar refractivity (Wildman–Crippen MR) is 66.4 cm³/mol. The fraction of sp³-hybridized carbons (Fsp3) is 0.273. The minimum absolute atomic E-state index is 0.707. The third-order valence-electron chi connectivity index (χ3n) is 2.48. The van der Waals surface area contributed by atoms with Crippen LogP contribution in [0.4, 0.5) is 5.82 Å². The minimum atomic E-state index is 0.707. The lowest BCUT2D eigenvalue weighted by molar-refractivity contribution is 0.933. The van der Waals surface area contributed by atoms with E-state index in [1.807, 2.05) is 19.9 Å². The number of hydrogen-bond acceptors (Lipinski definition) is 5. The van der Waals surface area contributed by atoms with Gasteiger partial charge in [0.25, 0.3) is 0 Å². The summed E-state index contributed by atoms with van der Waals surface area (Å²) >= 11 is 1.71. The van der Waals surface area contributed by atoms with Crippen molar-refractivity contribution >= 4 is 17.2 Å². The van der Waals surface area contributed by atoms with Gasteiger partial charge in [-0.25, -0.2) is 15.8 Å². The number of rotatable bonds is 3. The summed E-state index contributed by atoms with van der Waals surface area (Å²) in [5.41, 5.74) is 4.57. The number of nitrogens with zero attached hydrogens (tertiary/aromatic N) is 2. The van der Waals surface area contributed by atoms with Crippen LogP contribution in [0.15, 0.2) is 17.5 Å². The number of hydrogen-bond donors (Lipinski definition) is 2. The lowest BCUT2D eigenvalue weighted by Crippen LogP contribution is -2.13. The number of aromatic nitrogens is 2. The molecule has 2 aromatic heterocycles. The SMILES string of the molecule is Cc1nc(Cc2cccs2)nc(NN)c1C. The van der Waals surface area contributed by atoms with Crippen molar-refractivity contribution < 1.29 is 0 Å². The molecule has 0 aliphatic rings. The van der Waals surface area contributed by atoms with Gasteiger partial charge >= 0.3 is 0 Å². The van der Waals surface area contributed by atoms with Crippen LogP contribution in [0, 0.1) is 13.8 Å². The second-order valence-electron chi connectivity index (χ2n) is 3.60. The number of nitrogens with one attached hydrogen (secondary N) is 1. The maximum absolute atomic E-state index is 5.42. The Labute approximate surface area is 98.5 Å². The molecule has 0 radical (unpaired) electrons. The Balaban J connectivity index is 2.32. The first-order valence-corrected chi connectivity index (χ1v) is 5.92. The summed E-state index contributed by atoms with van der Waals surface area (Å²) in [5, 5.41) is 2.05. The molecule has 0 fully saturated rings. The quantitative estimate of drug-likeness (QED) is 0.630. The fourth-order valence-corrected chi connectivity index (χ4v) is 2.18. The van der Waals surface area contributed by atoms with Crippen LogP contribution in [0.3, 0.4) is 0 Å². The van der Waals surface area contributed by atoms with Gasteiger partial charge in [0, 0.05) is 22.6 Å². The standard InChI is InChI=1S/C11H14N4S/c1-7-8(2)13-10(14-11(7)15-12)6-9-4-3-5-16-9/h3-5H,6,12H2,1-2H3,(H,13,14,15). The van der Waals surface area contributed by atoms with Crippen LogP contribution in [-0.2, 0) is 6.42 Å². The third-order valence-corrected chi connectivity index (χ3v) is 3.36. The van der Waals surface area contributed by atoms with Crippen LogP contribution in [0.2, 0.25) is 0 Å². The minimum Gasteiger partial charge on any atom is -0.308 e. The number of aryl methyl sites for hydroxylation is 1. The van der Waals surface area contributed by atoms with E-state index in [0.717, 1.165) is 23.5 Å². The van der Waals surface area contributed by atoms with Gasteiger partial charge in [0.15, 0.2) is 0 Å². The van der Waals surface area contributed by atoms with Crippen molar-refractivity contribution in [2.45, 2.75) is 20.3 Å². The average molecular weight is 234 g/mol. The number of hydrazine groups is 1. The number of anilines is 1. The van der Waals surface area contributed by atoms with Crippen LogP contribution < -0.4 is 11.3 Å². The van der Waals surface area contributed by atoms with E-state index in [4.69, 9.17) is 5.84 Å². The zero-order valence-corrected chi connectivity index (χ0v) is 10.1. The van der Waals surface area contributed by atoms with Crippen LogP contribution >= 0.6 is 11.3 Å². The molecular formula is C11H14N4S. The van der Waals surface area contributed by atoms with Crippen molar-refractivity contribution in [2.24, 2.45) is 5.84 Å². The molecule has 0 spiro atoms. The molecule has 2 aromatic rings. The van der Waals surface area contributed by atoms with E-state index in [1.165, 1.54) is 4.88 Å². The third kappa shape index (κ3) is 2.20. The predicted octanol–water partition coefficient (Wildman–Crippen LogP) is 2.03. The van der Waals surface area contributed by atoms with Crippen molar-refractivity contribution in [3.05, 3.63) is 39.5 Å². The first kappa shape index (κ1) is 11.0. The normalized spacial score (nSPS) is 10.4. The molecule has 0 bridgehead atoms. The van der Waals surface area contributed by atoms with Gasteiger partial charge in [0.05, 0.1) is 0 Å². The average Bonchev–Trinajstić information content (AvgIpc) is 2.76. The molecule has 0 saturated carbocycles. The zero-order chi connectivity index (χ0) is 11.5. The second-order valence-corrected chi connectivity index (χ2v) is 4.63. The van der Waals surface area contributed by atoms with E-state index >= 15 is 0 Å². The molecular weight excluding hydrogens is 220 g/mol. The van der Waals surface area contributed by atoms with E-state index in [0.29, 0.717) is 5.82 Å². The van der Waals surface area contributed by atoms with Crippen molar-refractivity contribution in [3.8, 4) is 0 Å². The van der Waals surface area contributed by atoms with Crippen LogP contribution in [0.1, 0.15) is 22.0 Å². The molecule has 2 heterocycles. The van der Waals surface area contributed by atoms with E-state index < -0.39 is 0 Å². The highest BCUT2D eigenvalue weighted by Crippen LogP contribution is 2.17. The van der Waals surface area contributed by atoms with Gasteiger partial charge in [-0.3, -0.25) is 0 Å². The molecule has 2 rings (SSSR count). The van der Waals surface area contributed by atoms with E-state index in [9.17, 15) is 0 Å². The fourth-order valence-electron chi connectivity index (χ4n) is 1.48. The van der Waals surface area contributed by atoms with Gasteiger partial charge in [-0.2, -0.15) is 0 Å². The highest BCUT2D eigenvalue weighted by molar-refractivity contribution is 7.09. The van der Waals surface area contributed by atoms with Crippen LogP contribution in [-0.4, -0.2) is 9.97 Å². The van der Waals surface area contributed by atoms with Gasteiger partial charge in [-0.05, 0) is 25.3 Å². The van der Waals surface area contributed by atoms with Gasteiger partial charge in [0.1, 0.15) is 11.6 Å². The molecule has 5 heteroatoms. The molecule has 0 saturated heterocycles. The summed E-state index contributed by atoms with van der Waals surface area (Å²) in [4.78, 5) is 10.1. The summed E-state index contributed by atoms with van der Waals surface area (Å²) in [6.07, 6.45) is 0.757. The van der Waals surface area contributed by atoms with E-state index in [1.54, 1.807) is 11.3 Å². The molecule has 84 valence electrons. The second kappa shape index (κ2) is 4.59. The summed E-state index contributed by atoms with van der Waals surface area (Å²) in [7, 11) is 0. The van der Waals surface area contributed by atoms with Crippen LogP contribution in [0.25, 0.3) is 0 Å². The molecule has 0 aliphatic carbocycles. The Kier molecular flexibility index (Phi) is 3.17. The van der Waals surface area contributed by atoms with Gasteiger partial charge < -0.3 is 5.43 Å². The van der Waals surface area contributed by atoms with Crippen molar-refractivity contribution in [3.63, 3.8) is 0 Å². The molecule has 0 unspecified atom stereocenters. The maximum Gasteiger partial charge on any atom is 0.146 e. The smallest absolute Gasteiger partial charge is 0.146 e. The number of nitrogens with two attached hydrogens (primary N) is 1. The summed E-state index contributed by atoms with van der Waals surface area (Å²) in [6.45, 7) is 3.93. The first-order valence-electron chi connectivity index (χ1n) is 5.04. The molecule has 4 nitrogen and oxygen atoms in total. The maximum atomic E-state index is 5.42. The first-order chi connectivity index (χ1) is 7.70. The summed E-state index contributed by atoms with van der Waals surface area (Å²) in [5.74, 6) is 6.94. The highest BCUT2D eigenvalue weighted by atomic mass is 32.1. The summed E-state index contributed by atoms with van der Waals surface area (Å²) in [6, 6.07) is 4.11. The van der Waals surface area contributed by atoms with Gasteiger partial charge in [-0.1, -0.05) is 6.07 Å². The van der Waals surface area contributed by atoms with Gasteiger partial charge in [-0.15, -0.1) is 11.3 Å². The highest BCUT2D eigenvalue weighted by Gasteiger charge is 2.07. The van der Waals surface area contributed by atoms with Crippen molar-refractivity contribution in [1.29, 1.82) is 0 Å². The Morgan fingerprint density at radius 3 is 2.81 bits per heavy atom. The van der Waals surface area contributed by atoms with E-state index in [-0.39, 0.29) is 0 Å². The topological polar surface area (TPSA) is 63.8 Å². The number of thiophene rings is 1. The summed E-state index contributed by atoms with van der Waals surface area (Å²) < 4.78 is 0. The van der Waals surface area contributed by atoms with Crippen molar-refractivity contribution in [2.75, 3.05) is 5.43 Å². The lowest BCUT2D eigenvalue weighted by Gasteiger charge is -2.08. The Morgan fingerprint density at radius 2 is 2.19 bits per heavy atom. The van der Waals surface area contributed by atoms with Gasteiger partial charge in [0.2, 0.25) is 0 Å².